The van der Waals surface area contributed by atoms with E-state index in [1.54, 1.807) is 12.1 Å². The maximum Gasteiger partial charge on any atom is 0.523 e. The lowest BCUT2D eigenvalue weighted by Crippen LogP contribution is -2.30. The highest BCUT2D eigenvalue weighted by atomic mass is 32.2. The number of imide groups is 1. The predicted molar refractivity (Wildman–Crippen MR) is 76.5 cm³/mol. The summed E-state index contributed by atoms with van der Waals surface area (Å²) >= 11 is 0. The Balaban J connectivity index is 1.92. The Morgan fingerprint density at radius 2 is 1.64 bits per heavy atom. The molecule has 0 unspecified atom stereocenters. The van der Waals surface area contributed by atoms with Crippen molar-refractivity contribution in [3.05, 3.63) is 47.3 Å². The molecule has 2 rings (SSSR count). The highest BCUT2D eigenvalue weighted by Crippen LogP contribution is 2.25. The van der Waals surface area contributed by atoms with Crippen LogP contribution in [0.15, 0.2) is 36.2 Å². The molecule has 0 radical (unpaired) electrons. The Labute approximate surface area is 139 Å². The van der Waals surface area contributed by atoms with Gasteiger partial charge in [-0.05, 0) is 24.6 Å². The summed E-state index contributed by atoms with van der Waals surface area (Å²) in [5.41, 5.74) is -5.24. The molecular formula is C14H11F4NO5S. The third-order valence-corrected chi connectivity index (χ3v) is 4.23. The molecule has 0 saturated carbocycles. The first-order valence-electron chi connectivity index (χ1n) is 6.80. The number of carbonyl (C=O) groups excluding carboxylic acids is 2. The van der Waals surface area contributed by atoms with Crippen LogP contribution in [-0.2, 0) is 14.3 Å². The van der Waals surface area contributed by atoms with E-state index >= 15 is 0 Å². The number of rotatable bonds is 6. The minimum Gasteiger partial charge on any atom is -0.274 e. The van der Waals surface area contributed by atoms with Gasteiger partial charge in [-0.2, -0.15) is 21.6 Å². The smallest absolute Gasteiger partial charge is 0.274 e. The number of carbonyl (C=O) groups is 2. The van der Waals surface area contributed by atoms with E-state index in [4.69, 9.17) is 0 Å². The maximum atomic E-state index is 13.4. The van der Waals surface area contributed by atoms with E-state index in [-0.39, 0.29) is 24.1 Å². The molecule has 25 heavy (non-hydrogen) atoms. The van der Waals surface area contributed by atoms with Crippen molar-refractivity contribution in [2.75, 3.05) is 13.2 Å². The van der Waals surface area contributed by atoms with Gasteiger partial charge in [0.1, 0.15) is 12.4 Å². The zero-order chi connectivity index (χ0) is 18.8. The van der Waals surface area contributed by atoms with Gasteiger partial charge >= 0.3 is 15.6 Å². The highest BCUT2D eigenvalue weighted by Gasteiger charge is 2.47. The summed E-state index contributed by atoms with van der Waals surface area (Å²) in [7, 11) is -5.89. The average Bonchev–Trinajstić information content (AvgIpc) is 2.77. The summed E-state index contributed by atoms with van der Waals surface area (Å²) in [6.45, 7) is -1.64. The fraction of sp³-hybridized carbons (Fsp3) is 0.286. The normalized spacial score (nSPS) is 15.7. The lowest BCUT2D eigenvalue weighted by atomic mass is 10.1. The third-order valence-electron chi connectivity index (χ3n) is 3.23. The average molecular weight is 381 g/mol. The zero-order valence-electron chi connectivity index (χ0n) is 12.4. The van der Waals surface area contributed by atoms with Crippen molar-refractivity contribution in [1.82, 2.24) is 4.90 Å². The van der Waals surface area contributed by atoms with Crippen molar-refractivity contribution in [1.29, 1.82) is 0 Å². The summed E-state index contributed by atoms with van der Waals surface area (Å²) < 4.78 is 74.2. The Bertz CT molecular complexity index is 797. The maximum absolute atomic E-state index is 13.4. The van der Waals surface area contributed by atoms with Gasteiger partial charge in [0.25, 0.3) is 11.8 Å². The second-order valence-electron chi connectivity index (χ2n) is 4.91. The molecule has 0 N–H and O–H groups in total. The van der Waals surface area contributed by atoms with Gasteiger partial charge in [0, 0.05) is 6.54 Å². The lowest BCUT2D eigenvalue weighted by Gasteiger charge is -2.12. The van der Waals surface area contributed by atoms with Crippen LogP contribution in [0.4, 0.5) is 17.6 Å². The molecule has 11 heteroatoms. The van der Waals surface area contributed by atoms with E-state index in [0.29, 0.717) is 0 Å². The fourth-order valence-electron chi connectivity index (χ4n) is 2.05. The van der Waals surface area contributed by atoms with E-state index in [1.807, 2.05) is 0 Å². The van der Waals surface area contributed by atoms with E-state index in [0.717, 1.165) is 11.0 Å². The number of benzene rings is 1. The molecule has 0 atom stereocenters. The lowest BCUT2D eigenvalue weighted by molar-refractivity contribution is -0.0538. The van der Waals surface area contributed by atoms with Crippen LogP contribution < -0.4 is 0 Å². The van der Waals surface area contributed by atoms with Crippen LogP contribution in [0.25, 0.3) is 0 Å². The SMILES string of the molecule is O=C1c2ccccc2C(=O)N1CC/C=C(\F)COS(=O)(=O)C(F)(F)F. The number of alkyl halides is 3. The van der Waals surface area contributed by atoms with Crippen LogP contribution in [0.2, 0.25) is 0 Å². The summed E-state index contributed by atoms with van der Waals surface area (Å²) in [4.78, 5) is 24.9. The number of halogens is 4. The van der Waals surface area contributed by atoms with Crippen LogP contribution in [-0.4, -0.2) is 43.8 Å². The molecule has 2 amide bonds. The first kappa shape index (κ1) is 19.1. The molecule has 0 spiro atoms. The quantitative estimate of drug-likeness (QED) is 0.327. The first-order valence-corrected chi connectivity index (χ1v) is 8.21. The summed E-state index contributed by atoms with van der Waals surface area (Å²) in [6.07, 6.45) is 0.530. The van der Waals surface area contributed by atoms with Crippen molar-refractivity contribution >= 4 is 21.9 Å². The van der Waals surface area contributed by atoms with Crippen molar-refractivity contribution in [2.24, 2.45) is 0 Å². The molecule has 1 aromatic rings. The van der Waals surface area contributed by atoms with Gasteiger partial charge in [0.05, 0.1) is 11.1 Å². The molecule has 0 aromatic heterocycles. The van der Waals surface area contributed by atoms with E-state index in [2.05, 4.69) is 4.18 Å². The third kappa shape index (κ3) is 4.04. The predicted octanol–water partition coefficient (Wildman–Crippen LogP) is 2.39. The van der Waals surface area contributed by atoms with Gasteiger partial charge < -0.3 is 0 Å². The molecule has 0 saturated heterocycles. The minimum atomic E-state index is -5.89. The van der Waals surface area contributed by atoms with Gasteiger partial charge in [0.2, 0.25) is 0 Å². The molecule has 6 nitrogen and oxygen atoms in total. The zero-order valence-corrected chi connectivity index (χ0v) is 13.2. The second kappa shape index (κ2) is 6.92. The Morgan fingerprint density at radius 3 is 2.12 bits per heavy atom. The van der Waals surface area contributed by atoms with Crippen LogP contribution in [0.1, 0.15) is 27.1 Å². The van der Waals surface area contributed by atoms with Gasteiger partial charge in [-0.1, -0.05) is 12.1 Å². The van der Waals surface area contributed by atoms with Gasteiger partial charge in [0.15, 0.2) is 0 Å². The Hall–Kier alpha value is -2.27. The number of fused-ring (bicyclic) bond motifs is 1. The van der Waals surface area contributed by atoms with Crippen molar-refractivity contribution in [3.63, 3.8) is 0 Å². The van der Waals surface area contributed by atoms with E-state index in [9.17, 15) is 35.6 Å². The van der Waals surface area contributed by atoms with E-state index in [1.165, 1.54) is 12.1 Å². The summed E-state index contributed by atoms with van der Waals surface area (Å²) in [5.74, 6) is -2.40. The molecule has 0 bridgehead atoms. The minimum absolute atomic E-state index is 0.205. The van der Waals surface area contributed by atoms with Gasteiger partial charge in [-0.15, -0.1) is 0 Å². The first-order chi connectivity index (χ1) is 11.5. The molecule has 0 aliphatic carbocycles. The molecule has 1 aliphatic rings. The standard InChI is InChI=1S/C14H11F4NO5S/c15-9(8-24-25(22,23)14(16,17)18)4-3-7-19-12(20)10-5-1-2-6-11(10)13(19)21/h1-2,4-6H,3,7-8H2/b9-4-. The number of hydrogen-bond acceptors (Lipinski definition) is 5. The van der Waals surface area contributed by atoms with E-state index < -0.39 is 39.9 Å². The monoisotopic (exact) mass is 381 g/mol. The van der Waals surface area contributed by atoms with Crippen LogP contribution >= 0.6 is 0 Å². The molecule has 1 aliphatic heterocycles. The molecule has 1 heterocycles. The summed E-state index contributed by atoms with van der Waals surface area (Å²) in [6, 6.07) is 6.07. The fourth-order valence-corrected chi connectivity index (χ4v) is 2.45. The van der Waals surface area contributed by atoms with Crippen molar-refractivity contribution in [3.8, 4) is 0 Å². The summed E-state index contributed by atoms with van der Waals surface area (Å²) in [5, 5.41) is 0. The van der Waals surface area contributed by atoms with Crippen LogP contribution in [0.3, 0.4) is 0 Å². The molecule has 1 aromatic carbocycles. The topological polar surface area (TPSA) is 80.8 Å². The number of amides is 2. The Kier molecular flexibility index (Phi) is 5.28. The number of hydrogen-bond donors (Lipinski definition) is 0. The number of nitrogens with zero attached hydrogens (tertiary/aromatic N) is 1. The van der Waals surface area contributed by atoms with Crippen LogP contribution in [0.5, 0.6) is 0 Å². The van der Waals surface area contributed by atoms with Crippen molar-refractivity contribution in [2.45, 2.75) is 11.9 Å². The largest absolute Gasteiger partial charge is 0.523 e. The molecule has 0 fully saturated rings. The van der Waals surface area contributed by atoms with Gasteiger partial charge in [-0.3, -0.25) is 18.7 Å². The van der Waals surface area contributed by atoms with Crippen LogP contribution in [0, 0.1) is 0 Å². The molecule has 136 valence electrons. The molecular weight excluding hydrogens is 370 g/mol. The highest BCUT2D eigenvalue weighted by molar-refractivity contribution is 7.87. The Morgan fingerprint density at radius 1 is 1.12 bits per heavy atom. The van der Waals surface area contributed by atoms with Gasteiger partial charge in [-0.25, -0.2) is 4.39 Å². The van der Waals surface area contributed by atoms with Crippen molar-refractivity contribution < 1.29 is 39.8 Å². The second-order valence-corrected chi connectivity index (χ2v) is 6.52.